The van der Waals surface area contributed by atoms with Crippen LogP contribution >= 0.6 is 0 Å². The van der Waals surface area contributed by atoms with E-state index >= 15 is 0 Å². The lowest BCUT2D eigenvalue weighted by Crippen LogP contribution is -2.44. The molecule has 0 spiro atoms. The van der Waals surface area contributed by atoms with Crippen molar-refractivity contribution in [3.05, 3.63) is 0 Å². The molecule has 2 heterocycles. The van der Waals surface area contributed by atoms with Gasteiger partial charge in [0.15, 0.2) is 0 Å². The maximum Gasteiger partial charge on any atom is 0.241 e. The Morgan fingerprint density at radius 3 is 2.81 bits per heavy atom. The number of unbranched alkanes of at least 4 members (excludes halogenated alkanes) is 1. The van der Waals surface area contributed by atoms with Crippen LogP contribution < -0.4 is 5.32 Å². The third-order valence-electron chi connectivity index (χ3n) is 4.57. The van der Waals surface area contributed by atoms with Crippen LogP contribution in [0.5, 0.6) is 0 Å². The fourth-order valence-corrected chi connectivity index (χ4v) is 3.39. The number of rotatable bonds is 7. The van der Waals surface area contributed by atoms with Gasteiger partial charge in [-0.1, -0.05) is 33.6 Å². The van der Waals surface area contributed by atoms with Crippen LogP contribution in [0.4, 0.5) is 0 Å². The monoisotopic (exact) mass is 296 g/mol. The van der Waals surface area contributed by atoms with Crippen molar-refractivity contribution in [1.82, 2.24) is 10.2 Å². The average Bonchev–Trinajstić information content (AvgIpc) is 2.74. The second kappa shape index (κ2) is 8.14. The lowest BCUT2D eigenvalue weighted by molar-refractivity contribution is -0.133. The first kappa shape index (κ1) is 16.8. The van der Waals surface area contributed by atoms with Gasteiger partial charge in [0.2, 0.25) is 5.91 Å². The fraction of sp³-hybridized carbons (Fsp3) is 0.941. The Balaban J connectivity index is 1.96. The summed E-state index contributed by atoms with van der Waals surface area (Å²) in [6, 6.07) is 0.0253. The Hall–Kier alpha value is -0.610. The molecule has 1 amide bonds. The number of hydrogen-bond donors (Lipinski definition) is 1. The second-order valence-corrected chi connectivity index (χ2v) is 6.99. The maximum absolute atomic E-state index is 12.7. The summed E-state index contributed by atoms with van der Waals surface area (Å²) in [5, 5.41) is 3.57. The van der Waals surface area contributed by atoms with E-state index in [1.165, 1.54) is 6.42 Å². The van der Waals surface area contributed by atoms with Gasteiger partial charge in [-0.15, -0.1) is 0 Å². The summed E-state index contributed by atoms with van der Waals surface area (Å²) in [7, 11) is 0. The van der Waals surface area contributed by atoms with E-state index in [0.717, 1.165) is 51.7 Å². The molecule has 122 valence electrons. The van der Waals surface area contributed by atoms with Gasteiger partial charge in [0, 0.05) is 13.2 Å². The molecule has 2 rings (SSSR count). The molecule has 0 aromatic heterocycles. The summed E-state index contributed by atoms with van der Waals surface area (Å²) in [5.74, 6) is 0.887. The van der Waals surface area contributed by atoms with E-state index in [0.29, 0.717) is 11.8 Å². The Labute approximate surface area is 129 Å². The molecule has 1 N–H and O–H groups in total. The molecule has 0 aliphatic carbocycles. The zero-order chi connectivity index (χ0) is 15.2. The first-order chi connectivity index (χ1) is 10.1. The minimum atomic E-state index is 0.0253. The van der Waals surface area contributed by atoms with Crippen LogP contribution in [0, 0.1) is 5.92 Å². The molecule has 0 aromatic rings. The summed E-state index contributed by atoms with van der Waals surface area (Å²) in [6.07, 6.45) is 8.18. The molecule has 3 unspecified atom stereocenters. The molecular weight excluding hydrogens is 264 g/mol. The van der Waals surface area contributed by atoms with Gasteiger partial charge in [-0.3, -0.25) is 10.1 Å². The SMILES string of the molecule is CCCCC1NC(CC(C)C)N(CC2CCCCO2)C1=O. The second-order valence-electron chi connectivity index (χ2n) is 6.99. The molecule has 3 atom stereocenters. The lowest BCUT2D eigenvalue weighted by atomic mass is 10.1. The van der Waals surface area contributed by atoms with Gasteiger partial charge in [0.1, 0.15) is 0 Å². The Kier molecular flexibility index (Phi) is 6.49. The van der Waals surface area contributed by atoms with Crippen molar-refractivity contribution in [2.24, 2.45) is 5.92 Å². The fourth-order valence-electron chi connectivity index (χ4n) is 3.39. The van der Waals surface area contributed by atoms with Crippen molar-refractivity contribution in [2.45, 2.75) is 84.0 Å². The number of carbonyl (C=O) groups excluding carboxylic acids is 1. The van der Waals surface area contributed by atoms with Crippen molar-refractivity contribution in [1.29, 1.82) is 0 Å². The largest absolute Gasteiger partial charge is 0.376 e. The number of nitrogens with zero attached hydrogens (tertiary/aromatic N) is 1. The van der Waals surface area contributed by atoms with E-state index in [9.17, 15) is 4.79 Å². The quantitative estimate of drug-likeness (QED) is 0.785. The van der Waals surface area contributed by atoms with Gasteiger partial charge >= 0.3 is 0 Å². The van der Waals surface area contributed by atoms with Gasteiger partial charge in [-0.05, 0) is 38.0 Å². The predicted molar refractivity (Wildman–Crippen MR) is 85.0 cm³/mol. The molecule has 4 nitrogen and oxygen atoms in total. The van der Waals surface area contributed by atoms with E-state index < -0.39 is 0 Å². The average molecular weight is 296 g/mol. The number of nitrogens with one attached hydrogen (secondary N) is 1. The van der Waals surface area contributed by atoms with Crippen LogP contribution in [-0.2, 0) is 9.53 Å². The van der Waals surface area contributed by atoms with Crippen LogP contribution in [-0.4, -0.2) is 42.3 Å². The van der Waals surface area contributed by atoms with Crippen LogP contribution in [0.2, 0.25) is 0 Å². The van der Waals surface area contributed by atoms with Gasteiger partial charge in [0.25, 0.3) is 0 Å². The van der Waals surface area contributed by atoms with Gasteiger partial charge in [-0.2, -0.15) is 0 Å². The number of hydrogen-bond acceptors (Lipinski definition) is 3. The maximum atomic E-state index is 12.7. The third-order valence-corrected chi connectivity index (χ3v) is 4.57. The van der Waals surface area contributed by atoms with Crippen LogP contribution in [0.1, 0.15) is 65.7 Å². The van der Waals surface area contributed by atoms with E-state index in [-0.39, 0.29) is 18.3 Å². The summed E-state index contributed by atoms with van der Waals surface area (Å²) >= 11 is 0. The van der Waals surface area contributed by atoms with Crippen molar-refractivity contribution >= 4 is 5.91 Å². The highest BCUT2D eigenvalue weighted by atomic mass is 16.5. The standard InChI is InChI=1S/C17H32N2O2/c1-4-5-9-15-17(20)19(16(18-15)11-13(2)3)12-14-8-6-7-10-21-14/h13-16,18H,4-12H2,1-3H3. The molecule has 2 aliphatic heterocycles. The third kappa shape index (κ3) is 4.68. The normalized spacial score (nSPS) is 30.4. The molecule has 0 aromatic carbocycles. The highest BCUT2D eigenvalue weighted by molar-refractivity contribution is 5.84. The Morgan fingerprint density at radius 2 is 2.19 bits per heavy atom. The van der Waals surface area contributed by atoms with Crippen LogP contribution in [0.3, 0.4) is 0 Å². The molecule has 2 fully saturated rings. The van der Waals surface area contributed by atoms with Crippen molar-refractivity contribution in [2.75, 3.05) is 13.2 Å². The summed E-state index contributed by atoms with van der Waals surface area (Å²) < 4.78 is 5.84. The Bertz CT molecular complexity index is 327. The summed E-state index contributed by atoms with van der Waals surface area (Å²) in [4.78, 5) is 14.8. The zero-order valence-corrected chi connectivity index (χ0v) is 13.9. The molecular formula is C17H32N2O2. The van der Waals surface area contributed by atoms with Gasteiger partial charge in [0.05, 0.1) is 18.3 Å². The number of carbonyl (C=O) groups is 1. The highest BCUT2D eigenvalue weighted by Gasteiger charge is 2.39. The van der Waals surface area contributed by atoms with Crippen molar-refractivity contribution in [3.63, 3.8) is 0 Å². The molecule has 0 saturated carbocycles. The number of amides is 1. The molecule has 0 radical (unpaired) electrons. The van der Waals surface area contributed by atoms with E-state index in [4.69, 9.17) is 4.74 Å². The molecule has 21 heavy (non-hydrogen) atoms. The molecule has 2 saturated heterocycles. The van der Waals surface area contributed by atoms with Gasteiger partial charge in [-0.25, -0.2) is 0 Å². The van der Waals surface area contributed by atoms with E-state index in [1.807, 2.05) is 0 Å². The van der Waals surface area contributed by atoms with Crippen LogP contribution in [0.15, 0.2) is 0 Å². The zero-order valence-electron chi connectivity index (χ0n) is 13.9. The highest BCUT2D eigenvalue weighted by Crippen LogP contribution is 2.23. The van der Waals surface area contributed by atoms with E-state index in [2.05, 4.69) is 31.0 Å². The summed E-state index contributed by atoms with van der Waals surface area (Å²) in [6.45, 7) is 8.25. The van der Waals surface area contributed by atoms with Crippen molar-refractivity contribution < 1.29 is 9.53 Å². The lowest BCUT2D eigenvalue weighted by Gasteiger charge is -2.31. The molecule has 2 aliphatic rings. The molecule has 4 heteroatoms. The predicted octanol–water partition coefficient (Wildman–Crippen LogP) is 2.92. The number of ether oxygens (including phenoxy) is 1. The minimum Gasteiger partial charge on any atom is -0.376 e. The van der Waals surface area contributed by atoms with Crippen molar-refractivity contribution in [3.8, 4) is 0 Å². The minimum absolute atomic E-state index is 0.0253. The smallest absolute Gasteiger partial charge is 0.241 e. The van der Waals surface area contributed by atoms with E-state index in [1.54, 1.807) is 0 Å². The van der Waals surface area contributed by atoms with Crippen LogP contribution in [0.25, 0.3) is 0 Å². The Morgan fingerprint density at radius 1 is 1.38 bits per heavy atom. The molecule has 0 bridgehead atoms. The first-order valence-corrected chi connectivity index (χ1v) is 8.80. The topological polar surface area (TPSA) is 41.6 Å². The first-order valence-electron chi connectivity index (χ1n) is 8.80. The summed E-state index contributed by atoms with van der Waals surface area (Å²) in [5.41, 5.74) is 0. The van der Waals surface area contributed by atoms with Gasteiger partial charge < -0.3 is 9.64 Å².